The molecule has 0 bridgehead atoms. The molecular weight excluding hydrogens is 314 g/mol. The number of carbonyl (C=O) groups excluding carboxylic acids is 1. The van der Waals surface area contributed by atoms with Crippen LogP contribution in [0.15, 0.2) is 18.3 Å². The van der Waals surface area contributed by atoms with Crippen LogP contribution in [-0.2, 0) is 4.74 Å². The fourth-order valence-electron chi connectivity index (χ4n) is 3.54. The standard InChI is InChI=1S/C20H29N3O2/c1-13(2)12-25-17-7-5-16(6-8-17)22-20(24)18-9-10-23-15(4)11-14(3)21-19(18)23/h9-11,13,16-17H,5-8,12H2,1-4H3,(H,22,24)/t16-,17-. The Labute approximate surface area is 149 Å². The Kier molecular flexibility index (Phi) is 5.42. The van der Waals surface area contributed by atoms with E-state index in [1.807, 2.05) is 36.6 Å². The van der Waals surface area contributed by atoms with Crippen molar-refractivity contribution >= 4 is 11.6 Å². The molecule has 5 nitrogen and oxygen atoms in total. The first-order valence-corrected chi connectivity index (χ1v) is 9.32. The van der Waals surface area contributed by atoms with Crippen LogP contribution in [0.25, 0.3) is 5.65 Å². The van der Waals surface area contributed by atoms with Gasteiger partial charge in [-0.05, 0) is 57.6 Å². The SMILES string of the molecule is Cc1cc(C)n2ccc(C(=O)N[C@H]3CC[C@H](OCC(C)C)CC3)c2n1. The van der Waals surface area contributed by atoms with Crippen molar-refractivity contribution in [3.05, 3.63) is 35.3 Å². The molecule has 0 saturated heterocycles. The Balaban J connectivity index is 1.60. The minimum absolute atomic E-state index is 0.0217. The first-order valence-electron chi connectivity index (χ1n) is 9.32. The summed E-state index contributed by atoms with van der Waals surface area (Å²) in [6, 6.07) is 4.11. The Morgan fingerprint density at radius 1 is 1.32 bits per heavy atom. The van der Waals surface area contributed by atoms with Gasteiger partial charge in [-0.25, -0.2) is 4.98 Å². The van der Waals surface area contributed by atoms with Gasteiger partial charge in [0, 0.05) is 30.2 Å². The summed E-state index contributed by atoms with van der Waals surface area (Å²) >= 11 is 0. The molecule has 1 amide bonds. The molecule has 0 aliphatic heterocycles. The zero-order valence-corrected chi connectivity index (χ0v) is 15.7. The molecule has 2 aromatic heterocycles. The summed E-state index contributed by atoms with van der Waals surface area (Å²) in [5.74, 6) is 0.548. The molecule has 1 N–H and O–H groups in total. The normalized spacial score (nSPS) is 21.0. The lowest BCUT2D eigenvalue weighted by atomic mass is 9.92. The number of ether oxygens (including phenoxy) is 1. The second-order valence-corrected chi connectivity index (χ2v) is 7.64. The molecule has 1 aliphatic rings. The van der Waals surface area contributed by atoms with Crippen molar-refractivity contribution in [1.82, 2.24) is 14.7 Å². The maximum Gasteiger partial charge on any atom is 0.255 e. The van der Waals surface area contributed by atoms with Gasteiger partial charge >= 0.3 is 0 Å². The highest BCUT2D eigenvalue weighted by Crippen LogP contribution is 2.23. The molecule has 5 heteroatoms. The maximum atomic E-state index is 12.7. The van der Waals surface area contributed by atoms with Crippen molar-refractivity contribution in [1.29, 1.82) is 0 Å². The van der Waals surface area contributed by atoms with E-state index in [-0.39, 0.29) is 11.9 Å². The highest BCUT2D eigenvalue weighted by molar-refractivity contribution is 6.00. The zero-order chi connectivity index (χ0) is 18.0. The number of fused-ring (bicyclic) bond motifs is 1. The lowest BCUT2D eigenvalue weighted by molar-refractivity contribution is 0.00860. The van der Waals surface area contributed by atoms with Crippen LogP contribution in [0.2, 0.25) is 0 Å². The summed E-state index contributed by atoms with van der Waals surface area (Å²) in [6.45, 7) is 9.15. The van der Waals surface area contributed by atoms with Gasteiger partial charge in [-0.2, -0.15) is 0 Å². The highest BCUT2D eigenvalue weighted by atomic mass is 16.5. The summed E-state index contributed by atoms with van der Waals surface area (Å²) in [7, 11) is 0. The fourth-order valence-corrected chi connectivity index (χ4v) is 3.54. The number of hydrogen-bond donors (Lipinski definition) is 1. The Morgan fingerprint density at radius 2 is 2.04 bits per heavy atom. The predicted octanol–water partition coefficient (Wildman–Crippen LogP) is 3.66. The molecule has 0 spiro atoms. The average molecular weight is 343 g/mol. The molecule has 136 valence electrons. The average Bonchev–Trinajstić information content (AvgIpc) is 2.98. The molecule has 1 fully saturated rings. The van der Waals surface area contributed by atoms with Crippen molar-refractivity contribution in [2.45, 2.75) is 65.5 Å². The molecule has 3 rings (SSSR count). The number of aryl methyl sites for hydroxylation is 2. The van der Waals surface area contributed by atoms with E-state index in [9.17, 15) is 4.79 Å². The summed E-state index contributed by atoms with van der Waals surface area (Å²) < 4.78 is 7.90. The Hall–Kier alpha value is -1.88. The first kappa shape index (κ1) is 17.9. The van der Waals surface area contributed by atoms with Crippen LogP contribution >= 0.6 is 0 Å². The van der Waals surface area contributed by atoms with E-state index in [4.69, 9.17) is 4.74 Å². The van der Waals surface area contributed by atoms with Crippen LogP contribution < -0.4 is 5.32 Å². The largest absolute Gasteiger partial charge is 0.378 e. The van der Waals surface area contributed by atoms with E-state index >= 15 is 0 Å². The quantitative estimate of drug-likeness (QED) is 0.901. The molecule has 2 aromatic rings. The molecule has 0 radical (unpaired) electrons. The third-order valence-electron chi connectivity index (χ3n) is 4.86. The van der Waals surface area contributed by atoms with Gasteiger partial charge in [0.25, 0.3) is 5.91 Å². The van der Waals surface area contributed by atoms with Gasteiger partial charge in [0.2, 0.25) is 0 Å². The minimum atomic E-state index is -0.0217. The Morgan fingerprint density at radius 3 is 2.72 bits per heavy atom. The van der Waals surface area contributed by atoms with E-state index < -0.39 is 0 Å². The third kappa shape index (κ3) is 4.21. The van der Waals surface area contributed by atoms with E-state index in [0.29, 0.717) is 17.6 Å². The van der Waals surface area contributed by atoms with Crippen molar-refractivity contribution in [2.24, 2.45) is 5.92 Å². The van der Waals surface area contributed by atoms with Crippen LogP contribution in [0, 0.1) is 19.8 Å². The predicted molar refractivity (Wildman–Crippen MR) is 99.0 cm³/mol. The highest BCUT2D eigenvalue weighted by Gasteiger charge is 2.24. The van der Waals surface area contributed by atoms with Gasteiger partial charge in [-0.3, -0.25) is 4.79 Å². The van der Waals surface area contributed by atoms with Gasteiger partial charge in [0.05, 0.1) is 11.7 Å². The van der Waals surface area contributed by atoms with Crippen LogP contribution in [-0.4, -0.2) is 34.0 Å². The lowest BCUT2D eigenvalue weighted by Gasteiger charge is -2.29. The van der Waals surface area contributed by atoms with Crippen LogP contribution in [0.3, 0.4) is 0 Å². The summed E-state index contributed by atoms with van der Waals surface area (Å²) in [4.78, 5) is 17.3. The minimum Gasteiger partial charge on any atom is -0.378 e. The lowest BCUT2D eigenvalue weighted by Crippen LogP contribution is -2.39. The molecule has 1 aliphatic carbocycles. The second-order valence-electron chi connectivity index (χ2n) is 7.64. The van der Waals surface area contributed by atoms with Crippen LogP contribution in [0.1, 0.15) is 61.3 Å². The third-order valence-corrected chi connectivity index (χ3v) is 4.86. The number of amides is 1. The van der Waals surface area contributed by atoms with Crippen LogP contribution in [0.5, 0.6) is 0 Å². The van der Waals surface area contributed by atoms with Crippen molar-refractivity contribution < 1.29 is 9.53 Å². The van der Waals surface area contributed by atoms with Crippen molar-refractivity contribution in [3.8, 4) is 0 Å². The summed E-state index contributed by atoms with van der Waals surface area (Å²) in [6.07, 6.45) is 6.26. The smallest absolute Gasteiger partial charge is 0.255 e. The van der Waals surface area contributed by atoms with Gasteiger partial charge in [0.1, 0.15) is 5.65 Å². The topological polar surface area (TPSA) is 55.6 Å². The molecule has 0 unspecified atom stereocenters. The van der Waals surface area contributed by atoms with Gasteiger partial charge < -0.3 is 14.5 Å². The van der Waals surface area contributed by atoms with E-state index in [2.05, 4.69) is 24.1 Å². The second kappa shape index (κ2) is 7.56. The first-order chi connectivity index (χ1) is 11.9. The molecule has 1 saturated carbocycles. The van der Waals surface area contributed by atoms with Crippen LogP contribution in [0.4, 0.5) is 0 Å². The van der Waals surface area contributed by atoms with Crippen molar-refractivity contribution in [2.75, 3.05) is 6.61 Å². The number of nitrogens with zero attached hydrogens (tertiary/aromatic N) is 2. The maximum absolute atomic E-state index is 12.7. The molecule has 25 heavy (non-hydrogen) atoms. The number of rotatable bonds is 5. The molecule has 2 heterocycles. The number of carbonyl (C=O) groups is 1. The molecular formula is C20H29N3O2. The number of aromatic nitrogens is 2. The van der Waals surface area contributed by atoms with Gasteiger partial charge in [-0.15, -0.1) is 0 Å². The van der Waals surface area contributed by atoms with Gasteiger partial charge in [0.15, 0.2) is 0 Å². The fraction of sp³-hybridized carbons (Fsp3) is 0.600. The van der Waals surface area contributed by atoms with Gasteiger partial charge in [-0.1, -0.05) is 13.8 Å². The monoisotopic (exact) mass is 343 g/mol. The Bertz CT molecular complexity index is 743. The van der Waals surface area contributed by atoms with E-state index in [1.54, 1.807) is 0 Å². The molecule has 0 aromatic carbocycles. The number of hydrogen-bond acceptors (Lipinski definition) is 3. The van der Waals surface area contributed by atoms with E-state index in [0.717, 1.165) is 49.3 Å². The number of nitrogens with one attached hydrogen (secondary N) is 1. The summed E-state index contributed by atoms with van der Waals surface area (Å²) in [5.41, 5.74) is 3.42. The van der Waals surface area contributed by atoms with Crippen molar-refractivity contribution in [3.63, 3.8) is 0 Å². The summed E-state index contributed by atoms with van der Waals surface area (Å²) in [5, 5.41) is 3.19. The molecule has 0 atom stereocenters. The zero-order valence-electron chi connectivity index (χ0n) is 15.7. The van der Waals surface area contributed by atoms with E-state index in [1.165, 1.54) is 0 Å².